The van der Waals surface area contributed by atoms with Gasteiger partial charge in [0.05, 0.1) is 12.7 Å². The third-order valence-corrected chi connectivity index (χ3v) is 8.07. The van der Waals surface area contributed by atoms with E-state index in [4.69, 9.17) is 14.2 Å². The SMILES string of the molecule is CC(=O)Oc1c(I)cc(I)c(C(=O)OCCOc2ccc(S(=O)(=O)O)c(-c3ccccc3)c2)c1I. The van der Waals surface area contributed by atoms with Gasteiger partial charge < -0.3 is 14.2 Å². The van der Waals surface area contributed by atoms with Crippen LogP contribution in [0.25, 0.3) is 11.1 Å². The first-order chi connectivity index (χ1) is 16.5. The highest BCUT2D eigenvalue weighted by molar-refractivity contribution is 14.1. The summed E-state index contributed by atoms with van der Waals surface area (Å²) in [5, 5.41) is 0. The van der Waals surface area contributed by atoms with Gasteiger partial charge in [-0.3, -0.25) is 9.35 Å². The Labute approximate surface area is 242 Å². The summed E-state index contributed by atoms with van der Waals surface area (Å²) >= 11 is 5.98. The zero-order chi connectivity index (χ0) is 25.8. The standard InChI is InChI=1S/C23H17I3O8S/c1-13(27)34-22-18(25)12-17(24)20(21(22)26)23(28)33-10-9-32-15-7-8-19(35(29,30)31)16(11-15)14-5-3-2-4-6-14/h2-8,11-12H,9-10H2,1H3,(H,29,30,31). The summed E-state index contributed by atoms with van der Waals surface area (Å²) in [6.45, 7) is 1.20. The number of ether oxygens (including phenoxy) is 3. The lowest BCUT2D eigenvalue weighted by Crippen LogP contribution is -2.16. The fourth-order valence-electron chi connectivity index (χ4n) is 3.03. The number of halogens is 3. The quantitative estimate of drug-likeness (QED) is 0.103. The fourth-order valence-corrected chi connectivity index (χ4v) is 7.76. The smallest absolute Gasteiger partial charge is 0.340 e. The summed E-state index contributed by atoms with van der Waals surface area (Å²) in [6.07, 6.45) is 0. The predicted molar refractivity (Wildman–Crippen MR) is 153 cm³/mol. The van der Waals surface area contributed by atoms with Crippen molar-refractivity contribution in [3.05, 3.63) is 70.9 Å². The molecule has 0 aliphatic heterocycles. The molecule has 0 heterocycles. The second-order valence-corrected chi connectivity index (χ2v) is 11.7. The third-order valence-electron chi connectivity index (χ3n) is 4.48. The van der Waals surface area contributed by atoms with Gasteiger partial charge in [0.15, 0.2) is 5.75 Å². The molecule has 3 aromatic carbocycles. The average Bonchev–Trinajstić information content (AvgIpc) is 2.79. The van der Waals surface area contributed by atoms with Crippen LogP contribution in [0.2, 0.25) is 0 Å². The van der Waals surface area contributed by atoms with Crippen LogP contribution < -0.4 is 9.47 Å². The molecule has 8 nitrogen and oxygen atoms in total. The van der Waals surface area contributed by atoms with Gasteiger partial charge in [0.25, 0.3) is 10.1 Å². The van der Waals surface area contributed by atoms with E-state index in [0.717, 1.165) is 0 Å². The minimum Gasteiger partial charge on any atom is -0.490 e. The Balaban J connectivity index is 1.72. The highest BCUT2D eigenvalue weighted by atomic mass is 127. The minimum atomic E-state index is -4.45. The molecular formula is C23H17I3O8S. The molecular weight excluding hydrogens is 817 g/mol. The van der Waals surface area contributed by atoms with E-state index in [1.54, 1.807) is 36.4 Å². The Hall–Kier alpha value is -1.50. The van der Waals surface area contributed by atoms with Gasteiger partial charge in [-0.25, -0.2) is 4.79 Å². The molecule has 0 unspecified atom stereocenters. The summed E-state index contributed by atoms with van der Waals surface area (Å²) in [7, 11) is -4.45. The minimum absolute atomic E-state index is 0.000476. The number of carbonyl (C=O) groups excluding carboxylic acids is 2. The van der Waals surface area contributed by atoms with Gasteiger partial charge in [0, 0.05) is 16.1 Å². The highest BCUT2D eigenvalue weighted by Gasteiger charge is 2.23. The summed E-state index contributed by atoms with van der Waals surface area (Å²) < 4.78 is 51.2. The lowest BCUT2D eigenvalue weighted by atomic mass is 10.1. The van der Waals surface area contributed by atoms with Gasteiger partial charge in [-0.15, -0.1) is 0 Å². The Morgan fingerprint density at radius 3 is 2.26 bits per heavy atom. The summed E-state index contributed by atoms with van der Waals surface area (Å²) in [5.41, 5.74) is 1.15. The number of rotatable bonds is 8. The average molecular weight is 834 g/mol. The first-order valence-electron chi connectivity index (χ1n) is 9.82. The Morgan fingerprint density at radius 1 is 0.943 bits per heavy atom. The fraction of sp³-hybridized carbons (Fsp3) is 0.130. The highest BCUT2D eigenvalue weighted by Crippen LogP contribution is 2.34. The van der Waals surface area contributed by atoms with Crippen LogP contribution in [0.4, 0.5) is 0 Å². The van der Waals surface area contributed by atoms with Crippen molar-refractivity contribution in [2.24, 2.45) is 0 Å². The van der Waals surface area contributed by atoms with Gasteiger partial charge in [-0.2, -0.15) is 8.42 Å². The van der Waals surface area contributed by atoms with Gasteiger partial charge in [0.1, 0.15) is 23.9 Å². The van der Waals surface area contributed by atoms with Crippen molar-refractivity contribution in [3.8, 4) is 22.6 Å². The molecule has 3 aromatic rings. The van der Waals surface area contributed by atoms with E-state index < -0.39 is 22.1 Å². The zero-order valence-corrected chi connectivity index (χ0v) is 25.2. The van der Waals surface area contributed by atoms with Crippen LogP contribution >= 0.6 is 67.8 Å². The molecule has 0 spiro atoms. The molecule has 0 aliphatic rings. The zero-order valence-electron chi connectivity index (χ0n) is 18.0. The lowest BCUT2D eigenvalue weighted by Gasteiger charge is -2.14. The van der Waals surface area contributed by atoms with E-state index in [2.05, 4.69) is 0 Å². The number of carbonyl (C=O) groups is 2. The molecule has 0 saturated heterocycles. The maximum atomic E-state index is 12.7. The molecule has 0 aromatic heterocycles. The van der Waals surface area contributed by atoms with Crippen LogP contribution in [0, 0.1) is 10.7 Å². The maximum Gasteiger partial charge on any atom is 0.340 e. The Bertz CT molecular complexity index is 1380. The number of hydrogen-bond acceptors (Lipinski definition) is 7. The Morgan fingerprint density at radius 2 is 1.63 bits per heavy atom. The van der Waals surface area contributed by atoms with E-state index in [1.807, 2.05) is 67.8 Å². The Kier molecular flexibility index (Phi) is 9.75. The molecule has 0 bridgehead atoms. The maximum absolute atomic E-state index is 12.7. The summed E-state index contributed by atoms with van der Waals surface area (Å²) in [4.78, 5) is 23.9. The molecule has 0 radical (unpaired) electrons. The predicted octanol–water partition coefficient (Wildman–Crippen LogP) is 5.58. The molecule has 0 amide bonds. The molecule has 0 fully saturated rings. The van der Waals surface area contributed by atoms with Crippen molar-refractivity contribution in [3.63, 3.8) is 0 Å². The largest absolute Gasteiger partial charge is 0.490 e. The molecule has 0 saturated carbocycles. The van der Waals surface area contributed by atoms with Crippen molar-refractivity contribution < 1.29 is 36.8 Å². The molecule has 12 heteroatoms. The van der Waals surface area contributed by atoms with Crippen LogP contribution in [0.3, 0.4) is 0 Å². The van der Waals surface area contributed by atoms with Crippen LogP contribution in [-0.2, 0) is 19.6 Å². The monoisotopic (exact) mass is 834 g/mol. The number of hydrogen-bond donors (Lipinski definition) is 1. The topological polar surface area (TPSA) is 116 Å². The molecule has 1 N–H and O–H groups in total. The summed E-state index contributed by atoms with van der Waals surface area (Å²) in [5.74, 6) is -0.457. The van der Waals surface area contributed by atoms with Crippen molar-refractivity contribution in [2.75, 3.05) is 13.2 Å². The van der Waals surface area contributed by atoms with Gasteiger partial charge in [-0.1, -0.05) is 30.3 Å². The van der Waals surface area contributed by atoms with Gasteiger partial charge in [0.2, 0.25) is 0 Å². The third kappa shape index (κ3) is 7.27. The van der Waals surface area contributed by atoms with E-state index in [9.17, 15) is 22.6 Å². The van der Waals surface area contributed by atoms with Crippen LogP contribution in [-0.4, -0.2) is 38.1 Å². The van der Waals surface area contributed by atoms with Crippen molar-refractivity contribution in [2.45, 2.75) is 11.8 Å². The van der Waals surface area contributed by atoms with E-state index in [0.29, 0.717) is 27.8 Å². The first-order valence-corrected chi connectivity index (χ1v) is 14.5. The van der Waals surface area contributed by atoms with Gasteiger partial charge >= 0.3 is 11.9 Å². The van der Waals surface area contributed by atoms with Gasteiger partial charge in [-0.05, 0) is 97.6 Å². The van der Waals surface area contributed by atoms with Crippen LogP contribution in [0.5, 0.6) is 11.5 Å². The number of benzene rings is 3. The molecule has 0 atom stereocenters. The molecule has 0 aliphatic carbocycles. The molecule has 35 heavy (non-hydrogen) atoms. The molecule has 3 rings (SSSR count). The lowest BCUT2D eigenvalue weighted by molar-refractivity contribution is -0.132. The molecule has 184 valence electrons. The second-order valence-electron chi connectivity index (χ2n) is 6.94. The van der Waals surface area contributed by atoms with Crippen molar-refractivity contribution in [1.29, 1.82) is 0 Å². The van der Waals surface area contributed by atoms with E-state index in [-0.39, 0.29) is 29.2 Å². The van der Waals surface area contributed by atoms with E-state index in [1.165, 1.54) is 25.1 Å². The number of esters is 2. The van der Waals surface area contributed by atoms with E-state index >= 15 is 0 Å². The van der Waals surface area contributed by atoms with Crippen molar-refractivity contribution in [1.82, 2.24) is 0 Å². The normalized spacial score (nSPS) is 11.1. The van der Waals surface area contributed by atoms with Crippen LogP contribution in [0.15, 0.2) is 59.5 Å². The first kappa shape index (κ1) is 28.1. The second kappa shape index (κ2) is 12.2. The summed E-state index contributed by atoms with van der Waals surface area (Å²) in [6, 6.07) is 14.6. The van der Waals surface area contributed by atoms with Crippen LogP contribution in [0.1, 0.15) is 17.3 Å². The van der Waals surface area contributed by atoms with Crippen molar-refractivity contribution >= 4 is 89.8 Å².